The molecule has 2 heterocycles. The minimum absolute atomic E-state index is 0.00869. The Morgan fingerprint density at radius 1 is 1.43 bits per heavy atom. The van der Waals surface area contributed by atoms with Crippen molar-refractivity contribution in [2.24, 2.45) is 11.7 Å². The molecule has 1 aromatic carbocycles. The van der Waals surface area contributed by atoms with Crippen molar-refractivity contribution in [2.75, 3.05) is 26.2 Å². The molecule has 1 aliphatic rings. The molecule has 1 unspecified atom stereocenters. The van der Waals surface area contributed by atoms with Gasteiger partial charge in [0.05, 0.1) is 6.61 Å². The largest absolute Gasteiger partial charge is 0.494 e. The van der Waals surface area contributed by atoms with Crippen LogP contribution in [0.5, 0.6) is 5.75 Å². The summed E-state index contributed by atoms with van der Waals surface area (Å²) >= 11 is 1.49. The number of carbonyl (C=O) groups is 1. The highest BCUT2D eigenvalue weighted by Gasteiger charge is 2.27. The first kappa shape index (κ1) is 16.0. The number of aromatic nitrogens is 1. The van der Waals surface area contributed by atoms with Crippen molar-refractivity contribution < 1.29 is 9.53 Å². The number of carbonyl (C=O) groups excluding carboxylic acids is 1. The van der Waals surface area contributed by atoms with E-state index in [9.17, 15) is 4.79 Å². The number of likely N-dealkylation sites (tertiary alicyclic amines) is 1. The summed E-state index contributed by atoms with van der Waals surface area (Å²) in [6.07, 6.45) is 0.984. The van der Waals surface area contributed by atoms with Crippen molar-refractivity contribution >= 4 is 17.2 Å². The van der Waals surface area contributed by atoms with Gasteiger partial charge in [-0.15, -0.1) is 11.3 Å². The van der Waals surface area contributed by atoms with Gasteiger partial charge in [0.1, 0.15) is 16.5 Å². The molecule has 1 fully saturated rings. The van der Waals surface area contributed by atoms with E-state index in [1.165, 1.54) is 11.3 Å². The normalized spacial score (nSPS) is 17.5. The number of rotatable bonds is 5. The molecule has 0 radical (unpaired) electrons. The van der Waals surface area contributed by atoms with E-state index in [0.717, 1.165) is 35.8 Å². The van der Waals surface area contributed by atoms with Crippen LogP contribution in [0.15, 0.2) is 29.6 Å². The lowest BCUT2D eigenvalue weighted by atomic mass is 10.1. The predicted molar refractivity (Wildman–Crippen MR) is 91.8 cm³/mol. The Labute approximate surface area is 140 Å². The average molecular weight is 331 g/mol. The number of hydrogen-bond acceptors (Lipinski definition) is 5. The lowest BCUT2D eigenvalue weighted by molar-refractivity contribution is 0.0782. The molecule has 6 heteroatoms. The minimum Gasteiger partial charge on any atom is -0.494 e. The molecule has 1 aromatic heterocycles. The molecule has 23 heavy (non-hydrogen) atoms. The van der Waals surface area contributed by atoms with Crippen molar-refractivity contribution in [3.8, 4) is 16.3 Å². The quantitative estimate of drug-likeness (QED) is 0.914. The molecular formula is C17H21N3O2S. The third kappa shape index (κ3) is 3.54. The predicted octanol–water partition coefficient (Wildman–Crippen LogP) is 2.63. The lowest BCUT2D eigenvalue weighted by Gasteiger charge is -2.14. The van der Waals surface area contributed by atoms with Crippen molar-refractivity contribution in [1.82, 2.24) is 9.88 Å². The molecule has 0 bridgehead atoms. The van der Waals surface area contributed by atoms with Crippen molar-refractivity contribution in [1.29, 1.82) is 0 Å². The van der Waals surface area contributed by atoms with Gasteiger partial charge in [-0.25, -0.2) is 4.98 Å². The number of ether oxygens (including phenoxy) is 1. The van der Waals surface area contributed by atoms with Crippen molar-refractivity contribution in [3.05, 3.63) is 35.3 Å². The summed E-state index contributed by atoms with van der Waals surface area (Å²) in [6.45, 7) is 4.76. The van der Waals surface area contributed by atoms with Crippen LogP contribution < -0.4 is 10.5 Å². The van der Waals surface area contributed by atoms with Gasteiger partial charge in [0.15, 0.2) is 0 Å². The second kappa shape index (κ2) is 7.10. The molecule has 0 saturated carbocycles. The van der Waals surface area contributed by atoms with Gasteiger partial charge in [-0.05, 0) is 50.1 Å². The Morgan fingerprint density at radius 2 is 2.22 bits per heavy atom. The van der Waals surface area contributed by atoms with E-state index in [-0.39, 0.29) is 5.91 Å². The third-order valence-electron chi connectivity index (χ3n) is 4.04. The number of hydrogen-bond donors (Lipinski definition) is 1. The van der Waals surface area contributed by atoms with Crippen LogP contribution in [0.3, 0.4) is 0 Å². The van der Waals surface area contributed by atoms with Gasteiger partial charge in [0.25, 0.3) is 5.91 Å². The first-order valence-electron chi connectivity index (χ1n) is 7.89. The first-order valence-corrected chi connectivity index (χ1v) is 8.77. The number of amides is 1. The maximum Gasteiger partial charge on any atom is 0.273 e. The molecule has 2 aromatic rings. The van der Waals surface area contributed by atoms with Crippen molar-refractivity contribution in [2.45, 2.75) is 13.3 Å². The Kier molecular flexibility index (Phi) is 4.93. The van der Waals surface area contributed by atoms with Crippen LogP contribution in [0.25, 0.3) is 10.6 Å². The van der Waals surface area contributed by atoms with E-state index in [0.29, 0.717) is 24.8 Å². The SMILES string of the molecule is CCOc1ccc(-c2nc(C(=O)N3CCC(CN)C3)cs2)cc1. The molecule has 3 rings (SSSR count). The zero-order valence-electron chi connectivity index (χ0n) is 13.2. The minimum atomic E-state index is 0.00869. The fourth-order valence-corrected chi connectivity index (χ4v) is 3.54. The monoisotopic (exact) mass is 331 g/mol. The van der Waals surface area contributed by atoms with Gasteiger partial charge in [0, 0.05) is 24.0 Å². The summed E-state index contributed by atoms with van der Waals surface area (Å²) in [7, 11) is 0. The zero-order chi connectivity index (χ0) is 16.2. The van der Waals surface area contributed by atoms with Crippen LogP contribution in [-0.4, -0.2) is 42.0 Å². The summed E-state index contributed by atoms with van der Waals surface area (Å²) in [5, 5.41) is 2.69. The second-order valence-corrected chi connectivity index (χ2v) is 6.49. The fraction of sp³-hybridized carbons (Fsp3) is 0.412. The number of nitrogens with two attached hydrogens (primary N) is 1. The summed E-state index contributed by atoms with van der Waals surface area (Å²) in [6, 6.07) is 7.79. The number of thiazole rings is 1. The number of benzene rings is 1. The summed E-state index contributed by atoms with van der Waals surface area (Å²) in [5.74, 6) is 1.27. The maximum absolute atomic E-state index is 12.5. The first-order chi connectivity index (χ1) is 11.2. The van der Waals surface area contributed by atoms with Crippen LogP contribution in [0.1, 0.15) is 23.8 Å². The molecule has 2 N–H and O–H groups in total. The van der Waals surface area contributed by atoms with Gasteiger partial charge in [-0.3, -0.25) is 4.79 Å². The zero-order valence-corrected chi connectivity index (χ0v) is 14.0. The van der Waals surface area contributed by atoms with Crippen LogP contribution in [0.4, 0.5) is 0 Å². The highest BCUT2D eigenvalue weighted by molar-refractivity contribution is 7.13. The molecule has 122 valence electrons. The smallest absolute Gasteiger partial charge is 0.273 e. The van der Waals surface area contributed by atoms with E-state index in [4.69, 9.17) is 10.5 Å². The highest BCUT2D eigenvalue weighted by Crippen LogP contribution is 2.27. The van der Waals surface area contributed by atoms with Crippen LogP contribution in [0, 0.1) is 5.92 Å². The van der Waals surface area contributed by atoms with Crippen LogP contribution in [0.2, 0.25) is 0 Å². The Balaban J connectivity index is 1.71. The second-order valence-electron chi connectivity index (χ2n) is 5.64. The molecule has 1 saturated heterocycles. The van der Waals surface area contributed by atoms with Gasteiger partial charge in [-0.2, -0.15) is 0 Å². The lowest BCUT2D eigenvalue weighted by Crippen LogP contribution is -2.30. The molecular weight excluding hydrogens is 310 g/mol. The van der Waals surface area contributed by atoms with Crippen LogP contribution >= 0.6 is 11.3 Å². The molecule has 0 aliphatic carbocycles. The van der Waals surface area contributed by atoms with Gasteiger partial charge >= 0.3 is 0 Å². The fourth-order valence-electron chi connectivity index (χ4n) is 2.74. The van der Waals surface area contributed by atoms with E-state index >= 15 is 0 Å². The standard InChI is InChI=1S/C17H21N3O2S/c1-2-22-14-5-3-13(4-6-14)16-19-15(11-23-16)17(21)20-8-7-12(9-18)10-20/h3-6,11-12H,2,7-10,18H2,1H3. The molecule has 0 spiro atoms. The molecule has 5 nitrogen and oxygen atoms in total. The van der Waals surface area contributed by atoms with E-state index in [1.807, 2.05) is 41.5 Å². The number of nitrogens with zero attached hydrogens (tertiary/aromatic N) is 2. The molecule has 1 aliphatic heterocycles. The summed E-state index contributed by atoms with van der Waals surface area (Å²) in [4.78, 5) is 18.9. The van der Waals surface area contributed by atoms with Crippen LogP contribution in [-0.2, 0) is 0 Å². The van der Waals surface area contributed by atoms with E-state index in [1.54, 1.807) is 0 Å². The maximum atomic E-state index is 12.5. The van der Waals surface area contributed by atoms with Gasteiger partial charge < -0.3 is 15.4 Å². The van der Waals surface area contributed by atoms with E-state index in [2.05, 4.69) is 4.98 Å². The average Bonchev–Trinajstić information content (AvgIpc) is 3.25. The van der Waals surface area contributed by atoms with Crippen molar-refractivity contribution in [3.63, 3.8) is 0 Å². The van der Waals surface area contributed by atoms with Gasteiger partial charge in [-0.1, -0.05) is 0 Å². The summed E-state index contributed by atoms with van der Waals surface area (Å²) < 4.78 is 5.44. The Bertz CT molecular complexity index is 669. The Hall–Kier alpha value is -1.92. The molecule has 1 atom stereocenters. The molecule has 1 amide bonds. The van der Waals surface area contributed by atoms with E-state index < -0.39 is 0 Å². The topological polar surface area (TPSA) is 68.5 Å². The summed E-state index contributed by atoms with van der Waals surface area (Å²) in [5.41, 5.74) is 7.21. The Morgan fingerprint density at radius 3 is 2.87 bits per heavy atom. The van der Waals surface area contributed by atoms with Gasteiger partial charge in [0.2, 0.25) is 0 Å². The third-order valence-corrected chi connectivity index (χ3v) is 4.93. The highest BCUT2D eigenvalue weighted by atomic mass is 32.1.